The van der Waals surface area contributed by atoms with Gasteiger partial charge in [0.05, 0.1) is 6.54 Å². The zero-order valence-electron chi connectivity index (χ0n) is 9.91. The highest BCUT2D eigenvalue weighted by molar-refractivity contribution is 5.90. The summed E-state index contributed by atoms with van der Waals surface area (Å²) in [5.41, 5.74) is 0. The van der Waals surface area contributed by atoms with Gasteiger partial charge < -0.3 is 4.74 Å². The van der Waals surface area contributed by atoms with E-state index in [4.69, 9.17) is 4.74 Å². The molecule has 18 heavy (non-hydrogen) atoms. The summed E-state index contributed by atoms with van der Waals surface area (Å²) < 4.78 is 5.28. The van der Waals surface area contributed by atoms with E-state index in [1.807, 2.05) is 25.1 Å². The van der Waals surface area contributed by atoms with Crippen molar-refractivity contribution in [3.05, 3.63) is 30.3 Å². The lowest BCUT2D eigenvalue weighted by molar-refractivity contribution is -0.118. The third kappa shape index (κ3) is 3.27. The summed E-state index contributed by atoms with van der Waals surface area (Å²) in [6.07, 6.45) is 0. The molecule has 94 valence electrons. The fraction of sp³-hybridized carbons (Fsp3) is 0.273. The van der Waals surface area contributed by atoms with Crippen LogP contribution in [0, 0.1) is 0 Å². The largest absolute Gasteiger partial charge is 0.484 e. The number of tetrazole rings is 1. The van der Waals surface area contributed by atoms with Crippen LogP contribution >= 0.6 is 0 Å². The van der Waals surface area contributed by atoms with E-state index < -0.39 is 0 Å². The minimum absolute atomic E-state index is 0.0926. The monoisotopic (exact) mass is 247 g/mol. The van der Waals surface area contributed by atoms with Gasteiger partial charge in [-0.3, -0.25) is 10.1 Å². The van der Waals surface area contributed by atoms with Gasteiger partial charge in [-0.25, -0.2) is 0 Å². The number of para-hydroxylation sites is 1. The highest BCUT2D eigenvalue weighted by Crippen LogP contribution is 2.07. The molecular weight excluding hydrogens is 234 g/mol. The standard InChI is InChI=1S/C11H13N5O2/c1-2-16-14-11(13-15-16)12-10(17)8-18-9-6-4-3-5-7-9/h3-7H,2,8H2,1H3,(H,12,14,17). The molecule has 7 heteroatoms. The van der Waals surface area contributed by atoms with Gasteiger partial charge in [-0.2, -0.15) is 4.80 Å². The Labute approximate surface area is 104 Å². The van der Waals surface area contributed by atoms with Crippen LogP contribution in [-0.2, 0) is 11.3 Å². The summed E-state index contributed by atoms with van der Waals surface area (Å²) in [7, 11) is 0. The van der Waals surface area contributed by atoms with Gasteiger partial charge in [0.2, 0.25) is 0 Å². The topological polar surface area (TPSA) is 81.9 Å². The molecule has 0 unspecified atom stereocenters. The van der Waals surface area contributed by atoms with Crippen molar-refractivity contribution in [2.75, 3.05) is 11.9 Å². The maximum atomic E-state index is 11.5. The van der Waals surface area contributed by atoms with E-state index in [0.29, 0.717) is 12.3 Å². The van der Waals surface area contributed by atoms with Gasteiger partial charge in [0.25, 0.3) is 11.9 Å². The second-order valence-electron chi connectivity index (χ2n) is 3.45. The van der Waals surface area contributed by atoms with Crippen molar-refractivity contribution in [1.29, 1.82) is 0 Å². The van der Waals surface area contributed by atoms with Crippen LogP contribution < -0.4 is 10.1 Å². The van der Waals surface area contributed by atoms with Crippen LogP contribution in [0.25, 0.3) is 0 Å². The van der Waals surface area contributed by atoms with Crippen molar-refractivity contribution in [1.82, 2.24) is 20.2 Å². The number of aromatic nitrogens is 4. The van der Waals surface area contributed by atoms with Crippen LogP contribution in [0.2, 0.25) is 0 Å². The normalized spacial score (nSPS) is 10.1. The average molecular weight is 247 g/mol. The van der Waals surface area contributed by atoms with Crippen LogP contribution in [-0.4, -0.2) is 32.7 Å². The third-order valence-electron chi connectivity index (χ3n) is 2.10. The molecule has 1 aromatic carbocycles. The maximum Gasteiger partial charge on any atom is 0.270 e. The van der Waals surface area contributed by atoms with Gasteiger partial charge in [-0.1, -0.05) is 23.3 Å². The molecule has 2 rings (SSSR count). The number of rotatable bonds is 5. The Hall–Kier alpha value is -2.44. The number of nitrogens with zero attached hydrogens (tertiary/aromatic N) is 4. The first kappa shape index (κ1) is 12.0. The Morgan fingerprint density at radius 3 is 2.83 bits per heavy atom. The number of benzene rings is 1. The third-order valence-corrected chi connectivity index (χ3v) is 2.10. The summed E-state index contributed by atoms with van der Waals surface area (Å²) in [4.78, 5) is 12.9. The molecule has 1 amide bonds. The van der Waals surface area contributed by atoms with Crippen LogP contribution in [0.4, 0.5) is 5.95 Å². The zero-order chi connectivity index (χ0) is 12.8. The fourth-order valence-corrected chi connectivity index (χ4v) is 1.25. The molecule has 1 heterocycles. The van der Waals surface area contributed by atoms with E-state index in [1.165, 1.54) is 4.80 Å². The molecule has 1 aromatic heterocycles. The van der Waals surface area contributed by atoms with Gasteiger partial charge in [0.1, 0.15) is 5.75 Å². The summed E-state index contributed by atoms with van der Waals surface area (Å²) in [6, 6.07) is 9.10. The number of ether oxygens (including phenoxy) is 1. The van der Waals surface area contributed by atoms with Gasteiger partial charge in [-0.15, -0.1) is 5.10 Å². The van der Waals surface area contributed by atoms with E-state index in [2.05, 4.69) is 20.7 Å². The highest BCUT2D eigenvalue weighted by Gasteiger charge is 2.07. The minimum atomic E-state index is -0.325. The van der Waals surface area contributed by atoms with Crippen LogP contribution in [0.5, 0.6) is 5.75 Å². The molecule has 0 aliphatic carbocycles. The first-order chi connectivity index (χ1) is 8.78. The number of hydrogen-bond donors (Lipinski definition) is 1. The van der Waals surface area contributed by atoms with Gasteiger partial charge in [-0.05, 0) is 24.3 Å². The van der Waals surface area contributed by atoms with Crippen molar-refractivity contribution >= 4 is 11.9 Å². The van der Waals surface area contributed by atoms with Crippen LogP contribution in [0.1, 0.15) is 6.92 Å². The molecule has 0 aliphatic rings. The molecule has 1 N–H and O–H groups in total. The van der Waals surface area contributed by atoms with Crippen molar-refractivity contribution in [3.63, 3.8) is 0 Å². The Bertz CT molecular complexity index is 511. The second-order valence-corrected chi connectivity index (χ2v) is 3.45. The zero-order valence-corrected chi connectivity index (χ0v) is 9.91. The number of hydrogen-bond acceptors (Lipinski definition) is 5. The minimum Gasteiger partial charge on any atom is -0.484 e. The Morgan fingerprint density at radius 1 is 1.39 bits per heavy atom. The Morgan fingerprint density at radius 2 is 2.17 bits per heavy atom. The number of amides is 1. The van der Waals surface area contributed by atoms with Crippen molar-refractivity contribution in [2.45, 2.75) is 13.5 Å². The van der Waals surface area contributed by atoms with E-state index in [0.717, 1.165) is 0 Å². The molecule has 2 aromatic rings. The molecule has 0 spiro atoms. The number of carbonyl (C=O) groups is 1. The summed E-state index contributed by atoms with van der Waals surface area (Å²) >= 11 is 0. The molecule has 0 saturated carbocycles. The smallest absolute Gasteiger partial charge is 0.270 e. The molecule has 0 bridgehead atoms. The quantitative estimate of drug-likeness (QED) is 0.841. The van der Waals surface area contributed by atoms with Crippen molar-refractivity contribution < 1.29 is 9.53 Å². The molecule has 0 radical (unpaired) electrons. The molecule has 7 nitrogen and oxygen atoms in total. The lowest BCUT2D eigenvalue weighted by Gasteiger charge is -2.04. The first-order valence-corrected chi connectivity index (χ1v) is 5.53. The number of nitrogens with one attached hydrogen (secondary N) is 1. The van der Waals surface area contributed by atoms with Gasteiger partial charge >= 0.3 is 0 Å². The number of anilines is 1. The summed E-state index contributed by atoms with van der Waals surface area (Å²) in [6.45, 7) is 2.39. The SMILES string of the molecule is CCn1nnc(NC(=O)COc2ccccc2)n1. The van der Waals surface area contributed by atoms with Crippen LogP contribution in [0.15, 0.2) is 30.3 Å². The van der Waals surface area contributed by atoms with Gasteiger partial charge in [0.15, 0.2) is 6.61 Å². The number of aryl methyl sites for hydroxylation is 1. The predicted molar refractivity (Wildman–Crippen MR) is 64.1 cm³/mol. The van der Waals surface area contributed by atoms with Crippen LogP contribution in [0.3, 0.4) is 0 Å². The predicted octanol–water partition coefficient (Wildman–Crippen LogP) is 0.710. The molecule has 0 aliphatic heterocycles. The summed E-state index contributed by atoms with van der Waals surface area (Å²) in [5.74, 6) is 0.492. The Balaban J connectivity index is 1.82. The lowest BCUT2D eigenvalue weighted by Crippen LogP contribution is -2.21. The van der Waals surface area contributed by atoms with E-state index >= 15 is 0 Å². The Kier molecular flexibility index (Phi) is 3.85. The average Bonchev–Trinajstić information content (AvgIpc) is 2.85. The molecule has 0 atom stereocenters. The summed E-state index contributed by atoms with van der Waals surface area (Å²) in [5, 5.41) is 13.8. The van der Waals surface area contributed by atoms with E-state index in [1.54, 1.807) is 12.1 Å². The second kappa shape index (κ2) is 5.76. The van der Waals surface area contributed by atoms with Crippen molar-refractivity contribution in [3.8, 4) is 5.75 Å². The maximum absolute atomic E-state index is 11.5. The van der Waals surface area contributed by atoms with E-state index in [-0.39, 0.29) is 18.5 Å². The van der Waals surface area contributed by atoms with Crippen molar-refractivity contribution in [2.24, 2.45) is 0 Å². The van der Waals surface area contributed by atoms with E-state index in [9.17, 15) is 4.79 Å². The van der Waals surface area contributed by atoms with Gasteiger partial charge in [0, 0.05) is 0 Å². The molecule has 0 saturated heterocycles. The lowest BCUT2D eigenvalue weighted by atomic mass is 10.3. The number of carbonyl (C=O) groups excluding carboxylic acids is 1. The first-order valence-electron chi connectivity index (χ1n) is 5.53. The highest BCUT2D eigenvalue weighted by atomic mass is 16.5. The fourth-order valence-electron chi connectivity index (χ4n) is 1.25. The molecular formula is C11H13N5O2. The molecule has 0 fully saturated rings.